The summed E-state index contributed by atoms with van der Waals surface area (Å²) >= 11 is 0. The molecule has 0 N–H and O–H groups in total. The van der Waals surface area contributed by atoms with Crippen LogP contribution in [-0.2, 0) is 14.3 Å². The fourth-order valence-corrected chi connectivity index (χ4v) is 1.39. The third kappa shape index (κ3) is 2.94. The number of carbonyl (C=O) groups is 1. The van der Waals surface area contributed by atoms with Crippen molar-refractivity contribution in [3.63, 3.8) is 0 Å². The van der Waals surface area contributed by atoms with Crippen LogP contribution in [0.5, 0.6) is 0 Å². The lowest BCUT2D eigenvalue weighted by Gasteiger charge is -2.15. The number of ether oxygens (including phenoxy) is 2. The zero-order chi connectivity index (χ0) is 10.1. The molecule has 2 atom stereocenters. The summed E-state index contributed by atoms with van der Waals surface area (Å²) in [4.78, 5) is 10.7. The van der Waals surface area contributed by atoms with Crippen molar-refractivity contribution in [2.75, 3.05) is 0 Å². The van der Waals surface area contributed by atoms with Gasteiger partial charge in [0.05, 0.1) is 6.10 Å². The van der Waals surface area contributed by atoms with Crippen molar-refractivity contribution in [2.24, 2.45) is 0 Å². The lowest BCUT2D eigenvalue weighted by molar-refractivity contribution is -0.141. The van der Waals surface area contributed by atoms with E-state index in [9.17, 15) is 4.79 Å². The molecule has 1 aliphatic rings. The van der Waals surface area contributed by atoms with Crippen molar-refractivity contribution < 1.29 is 14.3 Å². The van der Waals surface area contributed by atoms with Crippen LogP contribution in [0.4, 0.5) is 0 Å². The Hall–Kier alpha value is -0.670. The lowest BCUT2D eigenvalue weighted by Crippen LogP contribution is -2.20. The first-order valence-electron chi connectivity index (χ1n) is 4.45. The van der Waals surface area contributed by atoms with Gasteiger partial charge in [-0.1, -0.05) is 0 Å². The van der Waals surface area contributed by atoms with Crippen LogP contribution in [0.15, 0.2) is 12.2 Å². The minimum absolute atomic E-state index is 0.00519. The fraction of sp³-hybridized carbons (Fsp3) is 0.700. The van der Waals surface area contributed by atoms with E-state index >= 15 is 0 Å². The molecule has 1 rings (SSSR count). The first-order valence-corrected chi connectivity index (χ1v) is 4.45. The van der Waals surface area contributed by atoms with Crippen molar-refractivity contribution in [2.45, 2.75) is 45.7 Å². The highest BCUT2D eigenvalue weighted by atomic mass is 16.7. The van der Waals surface area contributed by atoms with Crippen LogP contribution >= 0.6 is 0 Å². The summed E-state index contributed by atoms with van der Waals surface area (Å²) in [5.74, 6) is -0.508. The molecule has 74 valence electrons. The third-order valence-electron chi connectivity index (χ3n) is 1.87. The predicted octanol–water partition coefficient (Wildman–Crippen LogP) is 1.67. The van der Waals surface area contributed by atoms with E-state index in [0.717, 1.165) is 0 Å². The second-order valence-corrected chi connectivity index (χ2v) is 3.78. The molecule has 0 radical (unpaired) electrons. The Bertz CT molecular complexity index is 230. The number of allylic oxidation sites excluding steroid dienone is 1. The predicted molar refractivity (Wildman–Crippen MR) is 49.3 cm³/mol. The van der Waals surface area contributed by atoms with E-state index in [4.69, 9.17) is 9.47 Å². The largest absolute Gasteiger partial charge is 0.345 e. The van der Waals surface area contributed by atoms with E-state index in [1.807, 2.05) is 20.8 Å². The molecule has 0 spiro atoms. The zero-order valence-corrected chi connectivity index (χ0v) is 8.53. The van der Waals surface area contributed by atoms with E-state index in [1.54, 1.807) is 6.08 Å². The first-order chi connectivity index (χ1) is 5.91. The second kappa shape index (κ2) is 3.60. The van der Waals surface area contributed by atoms with Gasteiger partial charge in [-0.3, -0.25) is 4.79 Å². The Morgan fingerprint density at radius 1 is 1.38 bits per heavy atom. The molecule has 3 nitrogen and oxygen atoms in total. The van der Waals surface area contributed by atoms with E-state index in [-0.39, 0.29) is 18.0 Å². The second-order valence-electron chi connectivity index (χ2n) is 3.78. The van der Waals surface area contributed by atoms with Crippen LogP contribution in [-0.4, -0.2) is 23.8 Å². The van der Waals surface area contributed by atoms with E-state index in [2.05, 4.69) is 0 Å². The molecule has 0 saturated carbocycles. The van der Waals surface area contributed by atoms with Crippen LogP contribution in [0, 0.1) is 0 Å². The van der Waals surface area contributed by atoms with Gasteiger partial charge in [0.2, 0.25) is 0 Å². The monoisotopic (exact) mass is 184 g/mol. The Morgan fingerprint density at radius 3 is 2.38 bits per heavy atom. The van der Waals surface area contributed by atoms with Crippen LogP contribution in [0.3, 0.4) is 0 Å². The minimum Gasteiger partial charge on any atom is -0.345 e. The van der Waals surface area contributed by atoms with Crippen molar-refractivity contribution in [1.29, 1.82) is 0 Å². The number of ketones is 1. The molecule has 0 amide bonds. The summed E-state index contributed by atoms with van der Waals surface area (Å²) in [6, 6.07) is 0. The van der Waals surface area contributed by atoms with E-state index < -0.39 is 5.79 Å². The Balaban J connectivity index is 2.58. The third-order valence-corrected chi connectivity index (χ3v) is 1.87. The summed E-state index contributed by atoms with van der Waals surface area (Å²) < 4.78 is 11.1. The minimum atomic E-state index is -0.536. The van der Waals surface area contributed by atoms with E-state index in [1.165, 1.54) is 13.0 Å². The molecule has 1 saturated heterocycles. The van der Waals surface area contributed by atoms with Crippen molar-refractivity contribution in [3.05, 3.63) is 12.2 Å². The smallest absolute Gasteiger partial charge is 0.164 e. The van der Waals surface area contributed by atoms with Crippen molar-refractivity contribution in [3.8, 4) is 0 Å². The van der Waals surface area contributed by atoms with Gasteiger partial charge in [-0.25, -0.2) is 0 Å². The molecule has 1 heterocycles. The highest BCUT2D eigenvalue weighted by Crippen LogP contribution is 2.28. The first kappa shape index (κ1) is 10.4. The standard InChI is InChI=1S/C10H16O3/c1-7(11)5-6-9-8(2)12-10(3,4)13-9/h5-6,8-9H,1-4H3/b6-5+/t8-,9+/m0/s1. The average molecular weight is 184 g/mol. The molecule has 0 bridgehead atoms. The maximum absolute atomic E-state index is 10.7. The summed E-state index contributed by atoms with van der Waals surface area (Å²) in [5, 5.41) is 0. The molecule has 0 unspecified atom stereocenters. The molecule has 13 heavy (non-hydrogen) atoms. The summed E-state index contributed by atoms with van der Waals surface area (Å²) in [6.45, 7) is 7.18. The van der Waals surface area contributed by atoms with Gasteiger partial charge in [0.1, 0.15) is 6.10 Å². The number of hydrogen-bond donors (Lipinski definition) is 0. The summed E-state index contributed by atoms with van der Waals surface area (Å²) in [6.07, 6.45) is 3.16. The summed E-state index contributed by atoms with van der Waals surface area (Å²) in [7, 11) is 0. The van der Waals surface area contributed by atoms with Crippen LogP contribution < -0.4 is 0 Å². The normalized spacial score (nSPS) is 32.6. The average Bonchev–Trinajstić information content (AvgIpc) is 2.20. The lowest BCUT2D eigenvalue weighted by atomic mass is 10.2. The molecule has 0 aromatic heterocycles. The van der Waals surface area contributed by atoms with Crippen molar-refractivity contribution >= 4 is 5.78 Å². The molecule has 0 aromatic carbocycles. The maximum atomic E-state index is 10.7. The number of rotatable bonds is 2. The van der Waals surface area contributed by atoms with Crippen LogP contribution in [0.2, 0.25) is 0 Å². The Labute approximate surface area is 78.7 Å². The van der Waals surface area contributed by atoms with Gasteiger partial charge in [0.25, 0.3) is 0 Å². The molecule has 1 aliphatic heterocycles. The van der Waals surface area contributed by atoms with Gasteiger partial charge in [-0.15, -0.1) is 0 Å². The quantitative estimate of drug-likeness (QED) is 0.612. The highest BCUT2D eigenvalue weighted by molar-refractivity contribution is 5.87. The molecule has 0 aromatic rings. The van der Waals surface area contributed by atoms with Gasteiger partial charge < -0.3 is 9.47 Å². The van der Waals surface area contributed by atoms with Crippen LogP contribution in [0.25, 0.3) is 0 Å². The number of hydrogen-bond acceptors (Lipinski definition) is 3. The van der Waals surface area contributed by atoms with Gasteiger partial charge >= 0.3 is 0 Å². The van der Waals surface area contributed by atoms with Gasteiger partial charge in [0.15, 0.2) is 11.6 Å². The van der Waals surface area contributed by atoms with Gasteiger partial charge in [-0.2, -0.15) is 0 Å². The van der Waals surface area contributed by atoms with E-state index in [0.29, 0.717) is 0 Å². The van der Waals surface area contributed by atoms with Crippen molar-refractivity contribution in [1.82, 2.24) is 0 Å². The Kier molecular flexibility index (Phi) is 2.88. The topological polar surface area (TPSA) is 35.5 Å². The highest BCUT2D eigenvalue weighted by Gasteiger charge is 2.36. The molecular weight excluding hydrogens is 168 g/mol. The van der Waals surface area contributed by atoms with Gasteiger partial charge in [0, 0.05) is 0 Å². The van der Waals surface area contributed by atoms with Gasteiger partial charge in [-0.05, 0) is 39.8 Å². The summed E-state index contributed by atoms with van der Waals surface area (Å²) in [5.41, 5.74) is 0. The Morgan fingerprint density at radius 2 is 2.00 bits per heavy atom. The molecule has 0 aliphatic carbocycles. The number of carbonyl (C=O) groups excluding carboxylic acids is 1. The zero-order valence-electron chi connectivity index (χ0n) is 8.53. The fourth-order valence-electron chi connectivity index (χ4n) is 1.39. The molecular formula is C10H16O3. The maximum Gasteiger partial charge on any atom is 0.164 e. The molecule has 1 fully saturated rings. The molecule has 3 heteroatoms. The SMILES string of the molecule is CC(=O)/C=C/[C@H]1OC(C)(C)O[C@H]1C. The van der Waals surface area contributed by atoms with Crippen LogP contribution in [0.1, 0.15) is 27.7 Å².